The molecule has 2 fully saturated rings. The van der Waals surface area contributed by atoms with E-state index in [1.807, 2.05) is 30.3 Å². The number of urea groups is 1. The normalized spacial score (nSPS) is 19.5. The van der Waals surface area contributed by atoms with Crippen LogP contribution < -0.4 is 5.32 Å². The third kappa shape index (κ3) is 5.59. The van der Waals surface area contributed by atoms with Crippen LogP contribution in [0.1, 0.15) is 16.7 Å². The van der Waals surface area contributed by atoms with Gasteiger partial charge < -0.3 is 20.2 Å². The Bertz CT molecular complexity index is 1410. The monoisotopic (exact) mass is 549 g/mol. The Hall–Kier alpha value is -4.51. The average molecular weight is 550 g/mol. The molecule has 9 nitrogen and oxygen atoms in total. The first kappa shape index (κ1) is 27.1. The summed E-state index contributed by atoms with van der Waals surface area (Å²) in [6, 6.07) is 17.3. The Balaban J connectivity index is 1.47. The molecule has 2 aliphatic heterocycles. The van der Waals surface area contributed by atoms with Crippen molar-refractivity contribution < 1.29 is 28.3 Å². The fraction of sp³-hybridized carbons (Fsp3) is 0.276. The molecule has 4 amide bonds. The van der Waals surface area contributed by atoms with Gasteiger partial charge in [0, 0.05) is 38.2 Å². The van der Waals surface area contributed by atoms with Crippen molar-refractivity contribution in [3.05, 3.63) is 101 Å². The number of likely N-dealkylation sites (N-methyl/N-ethyl adjacent to an activating group) is 1. The molecule has 0 aliphatic carbocycles. The van der Waals surface area contributed by atoms with Gasteiger partial charge in [0.15, 0.2) is 0 Å². The maximum atomic E-state index is 14.6. The summed E-state index contributed by atoms with van der Waals surface area (Å²) in [5.41, 5.74) is 1.69. The highest BCUT2D eigenvalue weighted by atomic mass is 19.1. The van der Waals surface area contributed by atoms with Crippen molar-refractivity contribution >= 4 is 17.8 Å². The molecule has 0 spiro atoms. The van der Waals surface area contributed by atoms with E-state index in [0.717, 1.165) is 17.7 Å². The summed E-state index contributed by atoms with van der Waals surface area (Å²) < 4.78 is 28.1. The Labute approximate surface area is 230 Å². The number of benzene rings is 3. The predicted octanol–water partition coefficient (Wildman–Crippen LogP) is 2.85. The van der Waals surface area contributed by atoms with E-state index in [1.165, 1.54) is 38.0 Å². The number of amides is 4. The van der Waals surface area contributed by atoms with E-state index in [-0.39, 0.29) is 49.8 Å². The molecule has 0 unspecified atom stereocenters. The number of fused-ring (bicyclic) bond motifs is 1. The van der Waals surface area contributed by atoms with Crippen molar-refractivity contribution in [2.24, 2.45) is 0 Å². The molecule has 0 bridgehead atoms. The van der Waals surface area contributed by atoms with Crippen LogP contribution in [-0.4, -0.2) is 75.1 Å². The molecule has 2 aliphatic rings. The Morgan fingerprint density at radius 1 is 1.00 bits per heavy atom. The molecule has 0 aromatic heterocycles. The fourth-order valence-electron chi connectivity index (χ4n) is 5.21. The van der Waals surface area contributed by atoms with Crippen molar-refractivity contribution in [3.8, 4) is 5.75 Å². The molecule has 11 heteroatoms. The molecular weight excluding hydrogens is 520 g/mol. The number of rotatable bonds is 6. The number of halogens is 2. The number of hydrogen-bond acceptors (Lipinski definition) is 5. The lowest BCUT2D eigenvalue weighted by molar-refractivity contribution is -0.187. The maximum absolute atomic E-state index is 14.6. The zero-order valence-corrected chi connectivity index (χ0v) is 21.8. The molecule has 2 N–H and O–H groups in total. The largest absolute Gasteiger partial charge is 0.508 e. The van der Waals surface area contributed by atoms with E-state index in [1.54, 1.807) is 19.2 Å². The van der Waals surface area contributed by atoms with Crippen LogP contribution in [0.4, 0.5) is 13.6 Å². The quantitative estimate of drug-likeness (QED) is 0.493. The lowest BCUT2D eigenvalue weighted by Gasteiger charge is -2.54. The van der Waals surface area contributed by atoms with Crippen molar-refractivity contribution in [1.29, 1.82) is 0 Å². The molecular formula is C29H29F2N5O4. The lowest BCUT2D eigenvalue weighted by Crippen LogP contribution is -2.76. The maximum Gasteiger partial charge on any atom is 0.334 e. The minimum atomic E-state index is -0.988. The summed E-state index contributed by atoms with van der Waals surface area (Å²) >= 11 is 0. The number of phenols is 1. The summed E-state index contributed by atoms with van der Waals surface area (Å²) in [7, 11) is 1.62. The highest BCUT2D eigenvalue weighted by Gasteiger charge is 2.50. The van der Waals surface area contributed by atoms with Gasteiger partial charge in [-0.25, -0.2) is 23.6 Å². The molecule has 3 aromatic rings. The van der Waals surface area contributed by atoms with Gasteiger partial charge in [0.05, 0.1) is 13.1 Å². The Morgan fingerprint density at radius 2 is 1.73 bits per heavy atom. The highest BCUT2D eigenvalue weighted by molar-refractivity contribution is 5.91. The van der Waals surface area contributed by atoms with Crippen LogP contribution in [0.5, 0.6) is 5.75 Å². The standard InChI is InChI=1S/C29H29F2N5O4/c1-33-18-27(38)35-25(13-19-7-11-23(37)12-8-19)28(39)34(16-21-9-10-22(30)14-24(21)31)17-26(35)36(33)29(40)32-15-20-5-3-2-4-6-20/h2-12,14,25-26,37H,13,15-18H2,1H3,(H,32,40)/t25-,26-/m0/s1. The summed E-state index contributed by atoms with van der Waals surface area (Å²) in [4.78, 5) is 43.5. The van der Waals surface area contributed by atoms with Gasteiger partial charge in [-0.3, -0.25) is 9.59 Å². The van der Waals surface area contributed by atoms with Crippen molar-refractivity contribution in [1.82, 2.24) is 25.1 Å². The summed E-state index contributed by atoms with van der Waals surface area (Å²) in [6.45, 7) is -0.110. The van der Waals surface area contributed by atoms with Gasteiger partial charge in [-0.05, 0) is 29.3 Å². The summed E-state index contributed by atoms with van der Waals surface area (Å²) in [6.07, 6.45) is -0.752. The molecule has 2 saturated heterocycles. The predicted molar refractivity (Wildman–Crippen MR) is 141 cm³/mol. The highest BCUT2D eigenvalue weighted by Crippen LogP contribution is 2.29. The van der Waals surface area contributed by atoms with Crippen LogP contribution in [0.2, 0.25) is 0 Å². The number of piperazine rings is 1. The van der Waals surface area contributed by atoms with Gasteiger partial charge in [-0.15, -0.1) is 0 Å². The van der Waals surface area contributed by atoms with Gasteiger partial charge in [0.1, 0.15) is 29.6 Å². The fourth-order valence-corrected chi connectivity index (χ4v) is 5.21. The van der Waals surface area contributed by atoms with Crippen LogP contribution in [0, 0.1) is 11.6 Å². The van der Waals surface area contributed by atoms with Crippen LogP contribution >= 0.6 is 0 Å². The molecule has 2 atom stereocenters. The number of nitrogens with zero attached hydrogens (tertiary/aromatic N) is 4. The van der Waals surface area contributed by atoms with Crippen molar-refractivity contribution in [3.63, 3.8) is 0 Å². The zero-order chi connectivity index (χ0) is 28.4. The number of aromatic hydroxyl groups is 1. The SMILES string of the molecule is CN1CC(=O)N2[C@@H](Cc3ccc(O)cc3)C(=O)N(Cc3ccc(F)cc3F)C[C@@H]2N1C(=O)NCc1ccccc1. The number of hydrazine groups is 1. The number of carbonyl (C=O) groups is 3. The molecule has 3 aromatic carbocycles. The smallest absolute Gasteiger partial charge is 0.334 e. The molecule has 2 heterocycles. The molecule has 0 radical (unpaired) electrons. The molecule has 0 saturated carbocycles. The van der Waals surface area contributed by atoms with E-state index >= 15 is 0 Å². The average Bonchev–Trinajstić information content (AvgIpc) is 2.92. The van der Waals surface area contributed by atoms with Crippen LogP contribution in [0.15, 0.2) is 72.8 Å². The summed E-state index contributed by atoms with van der Waals surface area (Å²) in [5.74, 6) is -2.22. The van der Waals surface area contributed by atoms with E-state index in [9.17, 15) is 28.3 Å². The van der Waals surface area contributed by atoms with Crippen LogP contribution in [-0.2, 0) is 29.1 Å². The molecule has 40 heavy (non-hydrogen) atoms. The molecule has 208 valence electrons. The van der Waals surface area contributed by atoms with Crippen LogP contribution in [0.25, 0.3) is 0 Å². The van der Waals surface area contributed by atoms with E-state index in [2.05, 4.69) is 5.32 Å². The van der Waals surface area contributed by atoms with Gasteiger partial charge >= 0.3 is 6.03 Å². The lowest BCUT2D eigenvalue weighted by atomic mass is 9.98. The van der Waals surface area contributed by atoms with Crippen LogP contribution in [0.3, 0.4) is 0 Å². The van der Waals surface area contributed by atoms with E-state index < -0.39 is 35.8 Å². The van der Waals surface area contributed by atoms with Gasteiger partial charge in [0.25, 0.3) is 0 Å². The minimum absolute atomic E-state index is 0.0574. The van der Waals surface area contributed by atoms with E-state index in [0.29, 0.717) is 5.56 Å². The first-order chi connectivity index (χ1) is 19.2. The Kier molecular flexibility index (Phi) is 7.65. The number of hydrogen-bond donors (Lipinski definition) is 2. The van der Waals surface area contributed by atoms with Crippen molar-refractivity contribution in [2.45, 2.75) is 31.7 Å². The number of carbonyl (C=O) groups excluding carboxylic acids is 3. The Morgan fingerprint density at radius 3 is 2.42 bits per heavy atom. The summed E-state index contributed by atoms with van der Waals surface area (Å²) in [5, 5.41) is 15.5. The minimum Gasteiger partial charge on any atom is -0.508 e. The third-order valence-corrected chi connectivity index (χ3v) is 7.18. The van der Waals surface area contributed by atoms with Crippen molar-refractivity contribution in [2.75, 3.05) is 20.1 Å². The first-order valence-electron chi connectivity index (χ1n) is 12.8. The second kappa shape index (κ2) is 11.3. The van der Waals surface area contributed by atoms with Gasteiger partial charge in [-0.2, -0.15) is 0 Å². The van der Waals surface area contributed by atoms with E-state index in [4.69, 9.17) is 0 Å². The second-order valence-electron chi connectivity index (χ2n) is 9.93. The van der Waals surface area contributed by atoms with Gasteiger partial charge in [0.2, 0.25) is 11.8 Å². The third-order valence-electron chi connectivity index (χ3n) is 7.18. The number of phenolic OH excluding ortho intramolecular Hbond substituents is 1. The van der Waals surface area contributed by atoms with Gasteiger partial charge in [-0.1, -0.05) is 48.5 Å². The second-order valence-corrected chi connectivity index (χ2v) is 9.93. The molecule has 5 rings (SSSR count). The topological polar surface area (TPSA) is 96.4 Å². The first-order valence-corrected chi connectivity index (χ1v) is 12.8. The zero-order valence-electron chi connectivity index (χ0n) is 21.8. The number of nitrogens with one attached hydrogen (secondary N) is 1.